The Morgan fingerprint density at radius 2 is 1.86 bits per heavy atom. The molecule has 2 atom stereocenters. The van der Waals surface area contributed by atoms with Gasteiger partial charge in [-0.2, -0.15) is 4.40 Å². The predicted molar refractivity (Wildman–Crippen MR) is 93.0 cm³/mol. The molecule has 2 aliphatic rings. The molecule has 120 valence electrons. The Bertz CT molecular complexity index is 421. The van der Waals surface area contributed by atoms with Crippen LogP contribution in [0.5, 0.6) is 0 Å². The van der Waals surface area contributed by atoms with Crippen LogP contribution in [-0.4, -0.2) is 14.7 Å². The summed E-state index contributed by atoms with van der Waals surface area (Å²) in [5, 5.41) is 0. The predicted octanol–water partition coefficient (Wildman–Crippen LogP) is 5.22. The molecule has 2 rings (SSSR count). The quantitative estimate of drug-likeness (QED) is 0.657. The van der Waals surface area contributed by atoms with Crippen molar-refractivity contribution in [3.8, 4) is 0 Å². The van der Waals surface area contributed by atoms with E-state index >= 15 is 0 Å². The molecule has 0 N–H and O–H groups in total. The highest BCUT2D eigenvalue weighted by Crippen LogP contribution is 2.48. The van der Waals surface area contributed by atoms with Gasteiger partial charge in [0.2, 0.25) is 0 Å². The molecule has 2 nitrogen and oxygen atoms in total. The van der Waals surface area contributed by atoms with E-state index in [1.165, 1.54) is 57.1 Å². The number of nitrogens with zero attached hydrogens (tertiary/aromatic N) is 1. The molecule has 2 fully saturated rings. The zero-order chi connectivity index (χ0) is 15.5. The summed E-state index contributed by atoms with van der Waals surface area (Å²) in [7, 11) is -1.13. The topological polar surface area (TPSA) is 29.4 Å². The second kappa shape index (κ2) is 6.76. The average molecular weight is 310 g/mol. The van der Waals surface area contributed by atoms with E-state index in [1.807, 2.05) is 26.8 Å². The minimum Gasteiger partial charge on any atom is -0.234 e. The van der Waals surface area contributed by atoms with Crippen molar-refractivity contribution in [1.29, 1.82) is 0 Å². The molecule has 2 saturated carbocycles. The molecule has 1 unspecified atom stereocenters. The molecule has 21 heavy (non-hydrogen) atoms. The SMILES string of the molecule is C=CC[C@@H]1CCCC2(CCCCC2)/C1=N\S(=O)C(C)(C)C. The summed E-state index contributed by atoms with van der Waals surface area (Å²) in [6.45, 7) is 9.98. The normalized spacial score (nSPS) is 29.5. The number of hydrogen-bond acceptors (Lipinski definition) is 1. The molecule has 0 saturated heterocycles. The smallest absolute Gasteiger partial charge is 0.144 e. The summed E-state index contributed by atoms with van der Waals surface area (Å²) in [5.41, 5.74) is 1.53. The average Bonchev–Trinajstić information content (AvgIpc) is 2.43. The van der Waals surface area contributed by atoms with Gasteiger partial charge < -0.3 is 0 Å². The van der Waals surface area contributed by atoms with Gasteiger partial charge in [-0.05, 0) is 52.9 Å². The van der Waals surface area contributed by atoms with E-state index in [0.717, 1.165) is 6.42 Å². The first-order valence-corrected chi connectivity index (χ1v) is 9.62. The van der Waals surface area contributed by atoms with Crippen LogP contribution in [0.3, 0.4) is 0 Å². The highest BCUT2D eigenvalue weighted by molar-refractivity contribution is 7.85. The van der Waals surface area contributed by atoms with Crippen LogP contribution in [0.15, 0.2) is 17.1 Å². The van der Waals surface area contributed by atoms with Crippen LogP contribution in [0.1, 0.15) is 78.6 Å². The van der Waals surface area contributed by atoms with Crippen LogP contribution in [0.4, 0.5) is 0 Å². The van der Waals surface area contributed by atoms with Crippen molar-refractivity contribution in [3.05, 3.63) is 12.7 Å². The van der Waals surface area contributed by atoms with Gasteiger partial charge >= 0.3 is 0 Å². The summed E-state index contributed by atoms with van der Waals surface area (Å²) < 4.78 is 17.2. The maximum Gasteiger partial charge on any atom is 0.144 e. The van der Waals surface area contributed by atoms with Crippen molar-refractivity contribution in [2.45, 2.75) is 83.3 Å². The molecular weight excluding hydrogens is 278 g/mol. The molecule has 3 heteroatoms. The first kappa shape index (κ1) is 16.9. The van der Waals surface area contributed by atoms with Crippen LogP contribution >= 0.6 is 0 Å². The van der Waals surface area contributed by atoms with Gasteiger partial charge in [0, 0.05) is 17.0 Å². The highest BCUT2D eigenvalue weighted by Gasteiger charge is 2.43. The van der Waals surface area contributed by atoms with E-state index < -0.39 is 11.0 Å². The molecule has 1 spiro atoms. The Kier molecular flexibility index (Phi) is 5.45. The van der Waals surface area contributed by atoms with Crippen LogP contribution in [0, 0.1) is 11.3 Å². The highest BCUT2D eigenvalue weighted by atomic mass is 32.2. The number of allylic oxidation sites excluding steroid dienone is 1. The van der Waals surface area contributed by atoms with Crippen molar-refractivity contribution < 1.29 is 4.21 Å². The fourth-order valence-corrected chi connectivity index (χ4v) is 4.74. The lowest BCUT2D eigenvalue weighted by molar-refractivity contribution is 0.223. The Hall–Kier alpha value is -0.440. The van der Waals surface area contributed by atoms with Gasteiger partial charge in [-0.1, -0.05) is 31.8 Å². The van der Waals surface area contributed by atoms with Gasteiger partial charge in [0.15, 0.2) is 0 Å². The van der Waals surface area contributed by atoms with Gasteiger partial charge in [-0.25, -0.2) is 4.21 Å². The summed E-state index contributed by atoms with van der Waals surface area (Å²) in [5.74, 6) is 0.473. The van der Waals surface area contributed by atoms with Crippen LogP contribution in [-0.2, 0) is 11.0 Å². The Morgan fingerprint density at radius 1 is 1.24 bits per heavy atom. The van der Waals surface area contributed by atoms with Gasteiger partial charge in [0.25, 0.3) is 0 Å². The lowest BCUT2D eigenvalue weighted by atomic mass is 9.61. The first-order valence-electron chi connectivity index (χ1n) is 8.51. The van der Waals surface area contributed by atoms with Gasteiger partial charge in [-0.15, -0.1) is 6.58 Å². The Labute approximate surface area is 133 Å². The second-order valence-electron chi connectivity index (χ2n) is 7.79. The fourth-order valence-electron chi connectivity index (χ4n) is 3.95. The molecule has 0 bridgehead atoms. The van der Waals surface area contributed by atoms with E-state index in [4.69, 9.17) is 4.40 Å². The third kappa shape index (κ3) is 3.85. The second-order valence-corrected chi connectivity index (χ2v) is 9.70. The van der Waals surface area contributed by atoms with E-state index in [2.05, 4.69) is 6.58 Å². The van der Waals surface area contributed by atoms with Crippen LogP contribution in [0.25, 0.3) is 0 Å². The molecule has 0 aromatic heterocycles. The molecule has 2 aliphatic carbocycles. The van der Waals surface area contributed by atoms with Crippen molar-refractivity contribution in [2.24, 2.45) is 15.7 Å². The molecule has 0 amide bonds. The third-order valence-electron chi connectivity index (χ3n) is 5.10. The molecule has 0 radical (unpaired) electrons. The van der Waals surface area contributed by atoms with Gasteiger partial charge in [-0.3, -0.25) is 0 Å². The van der Waals surface area contributed by atoms with Crippen molar-refractivity contribution in [1.82, 2.24) is 0 Å². The molecule has 0 aromatic carbocycles. The number of hydrogen-bond donors (Lipinski definition) is 0. The standard InChI is InChI=1S/C18H31NOS/c1-5-10-15-11-9-14-18(12-7-6-8-13-18)16(15)19-21(20)17(2,3)4/h5,15H,1,6-14H2,2-4H3/b19-16-/t15-,21?/m1/s1. The zero-order valence-corrected chi connectivity index (χ0v) is 14.8. The molecule has 0 aliphatic heterocycles. The Balaban J connectivity index is 2.36. The Morgan fingerprint density at radius 3 is 2.43 bits per heavy atom. The van der Waals surface area contributed by atoms with E-state index in [-0.39, 0.29) is 10.2 Å². The fraction of sp³-hybridized carbons (Fsp3) is 0.833. The van der Waals surface area contributed by atoms with E-state index in [1.54, 1.807) is 0 Å². The number of rotatable bonds is 3. The first-order chi connectivity index (χ1) is 9.89. The third-order valence-corrected chi connectivity index (χ3v) is 6.52. The monoisotopic (exact) mass is 309 g/mol. The van der Waals surface area contributed by atoms with Crippen LogP contribution in [0.2, 0.25) is 0 Å². The summed E-state index contributed by atoms with van der Waals surface area (Å²) in [6.07, 6.45) is 13.2. The van der Waals surface area contributed by atoms with E-state index in [0.29, 0.717) is 5.92 Å². The maximum atomic E-state index is 12.6. The molecule has 0 heterocycles. The lowest BCUT2D eigenvalue weighted by Crippen LogP contribution is -2.42. The minimum atomic E-state index is -1.13. The summed E-state index contributed by atoms with van der Waals surface area (Å²) >= 11 is 0. The molecular formula is C18H31NOS. The van der Waals surface area contributed by atoms with Gasteiger partial charge in [0.1, 0.15) is 11.0 Å². The van der Waals surface area contributed by atoms with Crippen LogP contribution < -0.4 is 0 Å². The van der Waals surface area contributed by atoms with Crippen molar-refractivity contribution >= 4 is 16.7 Å². The molecule has 0 aromatic rings. The largest absolute Gasteiger partial charge is 0.234 e. The van der Waals surface area contributed by atoms with E-state index in [9.17, 15) is 4.21 Å². The van der Waals surface area contributed by atoms with Crippen molar-refractivity contribution in [3.63, 3.8) is 0 Å². The van der Waals surface area contributed by atoms with Crippen molar-refractivity contribution in [2.75, 3.05) is 0 Å². The maximum absolute atomic E-state index is 12.6. The minimum absolute atomic E-state index is 0.255. The zero-order valence-electron chi connectivity index (χ0n) is 14.0. The lowest BCUT2D eigenvalue weighted by Gasteiger charge is -2.45. The summed E-state index contributed by atoms with van der Waals surface area (Å²) in [6, 6.07) is 0. The van der Waals surface area contributed by atoms with Gasteiger partial charge in [0.05, 0.1) is 4.75 Å². The summed E-state index contributed by atoms with van der Waals surface area (Å²) in [4.78, 5) is 0.